The minimum atomic E-state index is -1.42. The molecule has 0 spiro atoms. The molecule has 0 radical (unpaired) electrons. The molecule has 1 fully saturated rings. The van der Waals surface area contributed by atoms with Crippen molar-refractivity contribution < 1.29 is 24.2 Å². The van der Waals surface area contributed by atoms with Gasteiger partial charge in [0, 0.05) is 12.6 Å². The topological polar surface area (TPSA) is 76.1 Å². The lowest BCUT2D eigenvalue weighted by Gasteiger charge is -2.29. The predicted molar refractivity (Wildman–Crippen MR) is 68.4 cm³/mol. The number of esters is 2. The van der Waals surface area contributed by atoms with Crippen LogP contribution >= 0.6 is 0 Å². The van der Waals surface area contributed by atoms with Crippen LogP contribution in [0.15, 0.2) is 0 Å². The van der Waals surface area contributed by atoms with Crippen LogP contribution in [0.3, 0.4) is 0 Å². The largest absolute Gasteiger partial charge is 0.465 e. The summed E-state index contributed by atoms with van der Waals surface area (Å²) in [4.78, 5) is 25.8. The quantitative estimate of drug-likeness (QED) is 0.569. The molecule has 1 rings (SSSR count). The van der Waals surface area contributed by atoms with Gasteiger partial charge in [-0.2, -0.15) is 0 Å². The average molecular weight is 273 g/mol. The van der Waals surface area contributed by atoms with Crippen molar-refractivity contribution in [2.75, 3.05) is 26.8 Å². The number of likely N-dealkylation sites (N-methyl/N-ethyl adjacent to an activating group) is 1. The maximum absolute atomic E-state index is 12.0. The molecule has 0 aromatic carbocycles. The number of aliphatic hydroxyl groups is 1. The van der Waals surface area contributed by atoms with Crippen molar-refractivity contribution in [1.82, 2.24) is 4.90 Å². The average Bonchev–Trinajstić information content (AvgIpc) is 2.53. The smallest absolute Gasteiger partial charge is 0.323 e. The highest BCUT2D eigenvalue weighted by Crippen LogP contribution is 2.34. The van der Waals surface area contributed by atoms with Gasteiger partial charge in [0.05, 0.1) is 13.2 Å². The van der Waals surface area contributed by atoms with Gasteiger partial charge in [0.1, 0.15) is 5.60 Å². The fourth-order valence-corrected chi connectivity index (χ4v) is 2.51. The lowest BCUT2D eigenvalue weighted by molar-refractivity contribution is -0.173. The number of β-amino-alcohol motifs (C(OH)–C–C–N with tert-alkyl or cyclic N) is 1. The molecule has 0 aromatic heterocycles. The Hall–Kier alpha value is -1.14. The number of hydrogen-bond acceptors (Lipinski definition) is 6. The Morgan fingerprint density at radius 3 is 2.11 bits per heavy atom. The fourth-order valence-electron chi connectivity index (χ4n) is 2.51. The van der Waals surface area contributed by atoms with Gasteiger partial charge >= 0.3 is 11.9 Å². The van der Waals surface area contributed by atoms with Gasteiger partial charge in [-0.05, 0) is 34.2 Å². The van der Waals surface area contributed by atoms with Gasteiger partial charge < -0.3 is 19.5 Å². The standard InChI is InChI=1S/C13H23NO5/c1-5-18-11(15)10(12(16)19-6-2)13(17)7-9(3)14(4)8-13/h9-10,17H,5-8H2,1-4H3. The fraction of sp³-hybridized carbons (Fsp3) is 0.846. The molecule has 0 aliphatic carbocycles. The van der Waals surface area contributed by atoms with E-state index in [1.54, 1.807) is 13.8 Å². The van der Waals surface area contributed by atoms with E-state index in [2.05, 4.69) is 0 Å². The van der Waals surface area contributed by atoms with Crippen molar-refractivity contribution >= 4 is 11.9 Å². The summed E-state index contributed by atoms with van der Waals surface area (Å²) in [6, 6.07) is 0.0938. The zero-order valence-electron chi connectivity index (χ0n) is 12.0. The Balaban J connectivity index is 2.96. The van der Waals surface area contributed by atoms with Gasteiger partial charge in [0.2, 0.25) is 0 Å². The van der Waals surface area contributed by atoms with E-state index in [9.17, 15) is 14.7 Å². The first-order chi connectivity index (χ1) is 8.85. The van der Waals surface area contributed by atoms with Crippen LogP contribution in [-0.2, 0) is 19.1 Å². The molecule has 110 valence electrons. The van der Waals surface area contributed by atoms with E-state index in [1.807, 2.05) is 18.9 Å². The van der Waals surface area contributed by atoms with Crippen molar-refractivity contribution in [3.63, 3.8) is 0 Å². The monoisotopic (exact) mass is 273 g/mol. The third-order valence-corrected chi connectivity index (χ3v) is 3.51. The number of likely N-dealkylation sites (tertiary alicyclic amines) is 1. The molecule has 19 heavy (non-hydrogen) atoms. The van der Waals surface area contributed by atoms with Gasteiger partial charge in [-0.25, -0.2) is 0 Å². The van der Waals surface area contributed by atoms with Crippen molar-refractivity contribution in [2.45, 2.75) is 38.8 Å². The van der Waals surface area contributed by atoms with Crippen LogP contribution in [0.5, 0.6) is 0 Å². The maximum atomic E-state index is 12.0. The number of hydrogen-bond donors (Lipinski definition) is 1. The predicted octanol–water partition coefficient (Wildman–Crippen LogP) is 0.184. The SMILES string of the molecule is CCOC(=O)C(C(=O)OCC)C1(O)CC(C)N(C)C1. The summed E-state index contributed by atoms with van der Waals surface area (Å²) in [6.45, 7) is 5.83. The Kier molecular flexibility index (Phi) is 5.31. The molecule has 6 nitrogen and oxygen atoms in total. The molecule has 0 aromatic rings. The summed E-state index contributed by atoms with van der Waals surface area (Å²) in [5.74, 6) is -2.71. The van der Waals surface area contributed by atoms with Crippen molar-refractivity contribution in [3.05, 3.63) is 0 Å². The summed E-state index contributed by atoms with van der Waals surface area (Å²) < 4.78 is 9.80. The van der Waals surface area contributed by atoms with E-state index < -0.39 is 23.5 Å². The lowest BCUT2D eigenvalue weighted by Crippen LogP contribution is -2.49. The lowest BCUT2D eigenvalue weighted by atomic mass is 9.85. The van der Waals surface area contributed by atoms with Gasteiger partial charge in [-0.15, -0.1) is 0 Å². The third-order valence-electron chi connectivity index (χ3n) is 3.51. The van der Waals surface area contributed by atoms with E-state index in [-0.39, 0.29) is 25.8 Å². The number of nitrogens with zero attached hydrogens (tertiary/aromatic N) is 1. The third kappa shape index (κ3) is 3.45. The van der Waals surface area contributed by atoms with Crippen LogP contribution < -0.4 is 0 Å². The molecule has 2 atom stereocenters. The normalized spacial score (nSPS) is 27.6. The van der Waals surface area contributed by atoms with Crippen molar-refractivity contribution in [1.29, 1.82) is 0 Å². The Labute approximate surface area is 113 Å². The number of ether oxygens (including phenoxy) is 2. The van der Waals surface area contributed by atoms with Gasteiger partial charge in [-0.3, -0.25) is 9.59 Å². The van der Waals surface area contributed by atoms with Crippen LogP contribution in [-0.4, -0.2) is 60.4 Å². The molecular formula is C13H23NO5. The first-order valence-electron chi connectivity index (χ1n) is 6.61. The number of carbonyl (C=O) groups excluding carboxylic acids is 2. The van der Waals surface area contributed by atoms with Gasteiger partial charge in [0.15, 0.2) is 5.92 Å². The van der Waals surface area contributed by atoms with Gasteiger partial charge in [0.25, 0.3) is 0 Å². The zero-order valence-corrected chi connectivity index (χ0v) is 12.0. The molecule has 0 saturated carbocycles. The van der Waals surface area contributed by atoms with Crippen LogP contribution in [0.1, 0.15) is 27.2 Å². The summed E-state index contributed by atoms with van der Waals surface area (Å²) in [6.07, 6.45) is 0.339. The van der Waals surface area contributed by atoms with Crippen LogP contribution in [0.4, 0.5) is 0 Å². The first kappa shape index (κ1) is 15.9. The second-order valence-electron chi connectivity index (χ2n) is 5.01. The van der Waals surface area contributed by atoms with E-state index in [0.717, 1.165) is 0 Å². The van der Waals surface area contributed by atoms with E-state index in [0.29, 0.717) is 6.42 Å². The van der Waals surface area contributed by atoms with Crippen LogP contribution in [0.25, 0.3) is 0 Å². The van der Waals surface area contributed by atoms with Crippen molar-refractivity contribution in [3.8, 4) is 0 Å². The second-order valence-corrected chi connectivity index (χ2v) is 5.01. The van der Waals surface area contributed by atoms with Gasteiger partial charge in [-0.1, -0.05) is 0 Å². The first-order valence-corrected chi connectivity index (χ1v) is 6.61. The summed E-state index contributed by atoms with van der Waals surface area (Å²) >= 11 is 0. The Morgan fingerprint density at radius 1 is 1.32 bits per heavy atom. The van der Waals surface area contributed by atoms with E-state index >= 15 is 0 Å². The van der Waals surface area contributed by atoms with Crippen molar-refractivity contribution in [2.24, 2.45) is 5.92 Å². The van der Waals surface area contributed by atoms with Crippen LogP contribution in [0, 0.1) is 5.92 Å². The molecule has 1 N–H and O–H groups in total. The molecule has 2 unspecified atom stereocenters. The summed E-state index contributed by atoms with van der Waals surface area (Å²) in [5, 5.41) is 10.6. The molecule has 6 heteroatoms. The minimum Gasteiger partial charge on any atom is -0.465 e. The van der Waals surface area contributed by atoms with Crippen LogP contribution in [0.2, 0.25) is 0 Å². The Bertz CT molecular complexity index is 316. The Morgan fingerprint density at radius 2 is 1.79 bits per heavy atom. The summed E-state index contributed by atoms with van der Waals surface area (Å²) in [7, 11) is 1.84. The number of carbonyl (C=O) groups is 2. The molecule has 1 saturated heterocycles. The molecule has 0 bridgehead atoms. The molecule has 0 amide bonds. The molecule has 1 aliphatic heterocycles. The maximum Gasteiger partial charge on any atom is 0.323 e. The highest BCUT2D eigenvalue weighted by Gasteiger charge is 2.53. The molecule has 1 aliphatic rings. The highest BCUT2D eigenvalue weighted by molar-refractivity contribution is 5.96. The molecule has 1 heterocycles. The van der Waals surface area contributed by atoms with E-state index in [1.165, 1.54) is 0 Å². The number of rotatable bonds is 5. The van der Waals surface area contributed by atoms with E-state index in [4.69, 9.17) is 9.47 Å². The summed E-state index contributed by atoms with van der Waals surface area (Å²) in [5.41, 5.74) is -1.42. The molecular weight excluding hydrogens is 250 g/mol. The second kappa shape index (κ2) is 6.34. The minimum absolute atomic E-state index is 0.0938. The highest BCUT2D eigenvalue weighted by atomic mass is 16.6. The zero-order chi connectivity index (χ0) is 14.6.